The van der Waals surface area contributed by atoms with Crippen LogP contribution in [0, 0.1) is 0 Å². The van der Waals surface area contributed by atoms with E-state index in [2.05, 4.69) is 11.9 Å². The molecule has 1 heterocycles. The van der Waals surface area contributed by atoms with Crippen LogP contribution in [-0.2, 0) is 11.3 Å². The molecule has 0 amide bonds. The Balaban J connectivity index is 2.51. The highest BCUT2D eigenvalue weighted by Gasteiger charge is 2.28. The molecule has 1 atom stereocenters. The second-order valence-corrected chi connectivity index (χ2v) is 3.27. The average Bonchev–Trinajstić information content (AvgIpc) is 2.60. The van der Waals surface area contributed by atoms with Gasteiger partial charge in [0.25, 0.3) is 0 Å². The molecule has 2 N–H and O–H groups in total. The lowest BCUT2D eigenvalue weighted by atomic mass is 10.00. The van der Waals surface area contributed by atoms with Crippen molar-refractivity contribution in [3.63, 3.8) is 0 Å². The van der Waals surface area contributed by atoms with Crippen LogP contribution < -0.4 is 5.32 Å². The summed E-state index contributed by atoms with van der Waals surface area (Å²) in [7, 11) is 0. The molecule has 0 saturated carbocycles. The predicted molar refractivity (Wildman–Crippen MR) is 53.7 cm³/mol. The Bertz CT molecular complexity index is 398. The molecule has 0 saturated heterocycles. The van der Waals surface area contributed by atoms with Crippen molar-refractivity contribution in [3.8, 4) is 0 Å². The topological polar surface area (TPSA) is 49.3 Å². The van der Waals surface area contributed by atoms with Gasteiger partial charge in [0.1, 0.15) is 6.04 Å². The average molecular weight is 189 g/mol. The molecule has 1 aliphatic heterocycles. The third-order valence-electron chi connectivity index (χ3n) is 2.51. The van der Waals surface area contributed by atoms with Crippen LogP contribution in [0.4, 0.5) is 0 Å². The third kappa shape index (κ3) is 1.22. The van der Waals surface area contributed by atoms with Gasteiger partial charge in [-0.15, -0.1) is 0 Å². The molecule has 0 bridgehead atoms. The van der Waals surface area contributed by atoms with Gasteiger partial charge in [-0.05, 0) is 16.7 Å². The Morgan fingerprint density at radius 3 is 3.07 bits per heavy atom. The van der Waals surface area contributed by atoms with Crippen LogP contribution in [0.5, 0.6) is 0 Å². The minimum absolute atomic E-state index is 0.565. The van der Waals surface area contributed by atoms with Crippen molar-refractivity contribution in [2.75, 3.05) is 0 Å². The molecule has 0 aromatic heterocycles. The molecule has 1 aromatic carbocycles. The fourth-order valence-corrected chi connectivity index (χ4v) is 1.82. The number of hydrogen-bond donors (Lipinski definition) is 2. The normalized spacial score (nSPS) is 19.0. The number of carboxylic acids is 1. The van der Waals surface area contributed by atoms with E-state index in [1.54, 1.807) is 6.08 Å². The maximum absolute atomic E-state index is 10.9. The maximum Gasteiger partial charge on any atom is 0.325 e. The van der Waals surface area contributed by atoms with Crippen molar-refractivity contribution in [1.29, 1.82) is 0 Å². The standard InChI is InChI=1S/C11H11NO2/c1-2-7-4-3-5-8-9(7)6-12-10(8)11(13)14/h2-5,10,12H,1,6H2,(H,13,14). The zero-order valence-corrected chi connectivity index (χ0v) is 7.66. The highest BCUT2D eigenvalue weighted by Crippen LogP contribution is 2.28. The molecule has 3 heteroatoms. The van der Waals surface area contributed by atoms with Crippen molar-refractivity contribution >= 4 is 12.0 Å². The van der Waals surface area contributed by atoms with Crippen LogP contribution in [0.2, 0.25) is 0 Å². The van der Waals surface area contributed by atoms with Crippen LogP contribution in [0.15, 0.2) is 24.8 Å². The van der Waals surface area contributed by atoms with E-state index in [1.807, 2.05) is 18.2 Å². The van der Waals surface area contributed by atoms with Gasteiger partial charge in [-0.25, -0.2) is 0 Å². The lowest BCUT2D eigenvalue weighted by Gasteiger charge is -2.06. The Labute approximate surface area is 82.1 Å². The van der Waals surface area contributed by atoms with Gasteiger partial charge in [0.2, 0.25) is 0 Å². The maximum atomic E-state index is 10.9. The van der Waals surface area contributed by atoms with Gasteiger partial charge in [-0.2, -0.15) is 0 Å². The Kier molecular flexibility index (Phi) is 2.09. The van der Waals surface area contributed by atoms with Gasteiger partial charge in [0, 0.05) is 6.54 Å². The molecule has 14 heavy (non-hydrogen) atoms. The summed E-state index contributed by atoms with van der Waals surface area (Å²) in [5.41, 5.74) is 2.92. The molecule has 0 spiro atoms. The first-order valence-corrected chi connectivity index (χ1v) is 4.44. The lowest BCUT2D eigenvalue weighted by Crippen LogP contribution is -2.21. The Hall–Kier alpha value is -1.61. The van der Waals surface area contributed by atoms with Gasteiger partial charge in [0.15, 0.2) is 0 Å². The first-order chi connectivity index (χ1) is 6.74. The summed E-state index contributed by atoms with van der Waals surface area (Å²) in [6.07, 6.45) is 1.75. The molecule has 72 valence electrons. The summed E-state index contributed by atoms with van der Waals surface area (Å²) in [6, 6.07) is 5.09. The smallest absolute Gasteiger partial charge is 0.325 e. The second kappa shape index (κ2) is 3.27. The van der Waals surface area contributed by atoms with E-state index in [0.29, 0.717) is 6.54 Å². The van der Waals surface area contributed by atoms with Crippen LogP contribution in [-0.4, -0.2) is 11.1 Å². The first kappa shape index (κ1) is 8.97. The van der Waals surface area contributed by atoms with Gasteiger partial charge in [-0.3, -0.25) is 10.1 Å². The number of hydrogen-bond acceptors (Lipinski definition) is 2. The molecule has 2 rings (SSSR count). The number of carbonyl (C=O) groups is 1. The van der Waals surface area contributed by atoms with Crippen molar-refractivity contribution in [3.05, 3.63) is 41.5 Å². The zero-order chi connectivity index (χ0) is 10.1. The van der Waals surface area contributed by atoms with E-state index in [1.165, 1.54) is 0 Å². The molecule has 0 radical (unpaired) electrons. The Morgan fingerprint density at radius 1 is 1.64 bits per heavy atom. The minimum atomic E-state index is -0.829. The molecule has 1 aromatic rings. The minimum Gasteiger partial charge on any atom is -0.480 e. The molecule has 1 aliphatic rings. The summed E-state index contributed by atoms with van der Waals surface area (Å²) in [5, 5.41) is 11.9. The number of carboxylic acid groups (broad SMARTS) is 1. The van der Waals surface area contributed by atoms with E-state index in [4.69, 9.17) is 5.11 Å². The highest BCUT2D eigenvalue weighted by atomic mass is 16.4. The number of nitrogens with one attached hydrogen (secondary N) is 1. The van der Waals surface area contributed by atoms with Gasteiger partial charge in [-0.1, -0.05) is 30.9 Å². The van der Waals surface area contributed by atoms with Gasteiger partial charge >= 0.3 is 5.97 Å². The summed E-state index contributed by atoms with van der Waals surface area (Å²) in [5.74, 6) is -0.829. The quantitative estimate of drug-likeness (QED) is 0.742. The summed E-state index contributed by atoms with van der Waals surface area (Å²) < 4.78 is 0. The van der Waals surface area contributed by atoms with Crippen LogP contribution in [0.3, 0.4) is 0 Å². The number of fused-ring (bicyclic) bond motifs is 1. The summed E-state index contributed by atoms with van der Waals surface area (Å²) in [6.45, 7) is 4.31. The van der Waals surface area contributed by atoms with Gasteiger partial charge in [0.05, 0.1) is 0 Å². The number of aliphatic carboxylic acids is 1. The fraction of sp³-hybridized carbons (Fsp3) is 0.182. The number of rotatable bonds is 2. The number of benzene rings is 1. The first-order valence-electron chi connectivity index (χ1n) is 4.44. The van der Waals surface area contributed by atoms with Crippen molar-refractivity contribution in [1.82, 2.24) is 5.32 Å². The van der Waals surface area contributed by atoms with Crippen LogP contribution in [0.25, 0.3) is 6.08 Å². The molecule has 3 nitrogen and oxygen atoms in total. The van der Waals surface area contributed by atoms with E-state index >= 15 is 0 Å². The van der Waals surface area contributed by atoms with E-state index < -0.39 is 12.0 Å². The van der Waals surface area contributed by atoms with E-state index in [9.17, 15) is 4.79 Å². The molecule has 1 unspecified atom stereocenters. The van der Waals surface area contributed by atoms with Crippen molar-refractivity contribution < 1.29 is 9.90 Å². The highest BCUT2D eigenvalue weighted by molar-refractivity contribution is 5.78. The van der Waals surface area contributed by atoms with E-state index in [0.717, 1.165) is 16.7 Å². The lowest BCUT2D eigenvalue weighted by molar-refractivity contribution is -0.139. The predicted octanol–water partition coefficient (Wildman–Crippen LogP) is 1.56. The van der Waals surface area contributed by atoms with Crippen LogP contribution >= 0.6 is 0 Å². The third-order valence-corrected chi connectivity index (χ3v) is 2.51. The molecular formula is C11H11NO2. The second-order valence-electron chi connectivity index (χ2n) is 3.27. The summed E-state index contributed by atoms with van der Waals surface area (Å²) >= 11 is 0. The zero-order valence-electron chi connectivity index (χ0n) is 7.66. The fourth-order valence-electron chi connectivity index (χ4n) is 1.82. The van der Waals surface area contributed by atoms with Crippen molar-refractivity contribution in [2.24, 2.45) is 0 Å². The monoisotopic (exact) mass is 189 g/mol. The SMILES string of the molecule is C=Cc1cccc2c1CNC2C(=O)O. The molecule has 0 aliphatic carbocycles. The van der Waals surface area contributed by atoms with E-state index in [-0.39, 0.29) is 0 Å². The molecule has 0 fully saturated rings. The largest absolute Gasteiger partial charge is 0.480 e. The summed E-state index contributed by atoms with van der Waals surface area (Å²) in [4.78, 5) is 10.9. The molecular weight excluding hydrogens is 178 g/mol. The van der Waals surface area contributed by atoms with Crippen molar-refractivity contribution in [2.45, 2.75) is 12.6 Å². The van der Waals surface area contributed by atoms with Gasteiger partial charge < -0.3 is 5.11 Å². The Morgan fingerprint density at radius 2 is 2.43 bits per heavy atom. The van der Waals surface area contributed by atoms with Crippen LogP contribution in [0.1, 0.15) is 22.7 Å².